The van der Waals surface area contributed by atoms with Crippen LogP contribution in [0.25, 0.3) is 22.2 Å². The molecule has 0 unspecified atom stereocenters. The van der Waals surface area contributed by atoms with Gasteiger partial charge in [0.25, 0.3) is 0 Å². The smallest absolute Gasteiger partial charge is 0.250 e. The molecule has 2 heterocycles. The number of para-hydroxylation sites is 1. The molecule has 0 aliphatic heterocycles. The average molecular weight is 254 g/mol. The highest BCUT2D eigenvalue weighted by molar-refractivity contribution is 5.93. The van der Waals surface area contributed by atoms with E-state index in [1.807, 2.05) is 42.1 Å². The maximum absolute atomic E-state index is 11.4. The van der Waals surface area contributed by atoms with Crippen molar-refractivity contribution in [2.45, 2.75) is 0 Å². The van der Waals surface area contributed by atoms with E-state index in [1.165, 1.54) is 0 Å². The molecule has 0 aliphatic rings. The minimum absolute atomic E-state index is 0.0311. The van der Waals surface area contributed by atoms with Gasteiger partial charge >= 0.3 is 0 Å². The van der Waals surface area contributed by atoms with Gasteiger partial charge in [-0.2, -0.15) is 0 Å². The van der Waals surface area contributed by atoms with Crippen molar-refractivity contribution in [3.05, 3.63) is 46.9 Å². The van der Waals surface area contributed by atoms with E-state index in [0.29, 0.717) is 5.95 Å². The summed E-state index contributed by atoms with van der Waals surface area (Å²) in [7, 11) is 3.62. The molecule has 0 bridgehead atoms. The van der Waals surface area contributed by atoms with E-state index in [0.717, 1.165) is 22.2 Å². The Bertz CT molecular complexity index is 829. The number of nitrogens with two attached hydrogens (primary N) is 1. The highest BCUT2D eigenvalue weighted by Crippen LogP contribution is 2.28. The molecule has 3 rings (SSSR count). The van der Waals surface area contributed by atoms with E-state index in [1.54, 1.807) is 17.7 Å². The molecule has 5 heteroatoms. The zero-order valence-corrected chi connectivity index (χ0v) is 10.8. The SMILES string of the molecule is Cn1cc(-c2cccc3c2nc(N)n3C)ccc1=O. The van der Waals surface area contributed by atoms with Crippen LogP contribution in [0.3, 0.4) is 0 Å². The van der Waals surface area contributed by atoms with E-state index in [-0.39, 0.29) is 5.56 Å². The average Bonchev–Trinajstić information content (AvgIpc) is 2.69. The number of nitrogens with zero attached hydrogens (tertiary/aromatic N) is 3. The van der Waals surface area contributed by atoms with Gasteiger partial charge in [-0.1, -0.05) is 12.1 Å². The van der Waals surface area contributed by atoms with Gasteiger partial charge < -0.3 is 14.9 Å². The van der Waals surface area contributed by atoms with Gasteiger partial charge in [-0.3, -0.25) is 4.79 Å². The molecule has 1 aromatic carbocycles. The van der Waals surface area contributed by atoms with Crippen LogP contribution in [-0.2, 0) is 14.1 Å². The summed E-state index contributed by atoms with van der Waals surface area (Å²) in [5.41, 5.74) is 9.57. The van der Waals surface area contributed by atoms with Gasteiger partial charge in [0.1, 0.15) is 0 Å². The largest absolute Gasteiger partial charge is 0.369 e. The fourth-order valence-corrected chi connectivity index (χ4v) is 2.22. The molecule has 2 N–H and O–H groups in total. The fraction of sp³-hybridized carbons (Fsp3) is 0.143. The number of pyridine rings is 1. The van der Waals surface area contributed by atoms with E-state index in [4.69, 9.17) is 5.73 Å². The van der Waals surface area contributed by atoms with Gasteiger partial charge in [-0.25, -0.2) is 4.98 Å². The van der Waals surface area contributed by atoms with E-state index in [9.17, 15) is 4.79 Å². The van der Waals surface area contributed by atoms with Crippen LogP contribution in [0.1, 0.15) is 0 Å². The summed E-state index contributed by atoms with van der Waals surface area (Å²) in [6, 6.07) is 9.28. The number of nitrogen functional groups attached to an aromatic ring is 1. The van der Waals surface area contributed by atoms with Gasteiger partial charge in [-0.15, -0.1) is 0 Å². The Labute approximate surface area is 109 Å². The maximum Gasteiger partial charge on any atom is 0.250 e. The Morgan fingerprint density at radius 2 is 1.95 bits per heavy atom. The lowest BCUT2D eigenvalue weighted by Gasteiger charge is -2.05. The molecule has 5 nitrogen and oxygen atoms in total. The van der Waals surface area contributed by atoms with Gasteiger partial charge in [-0.05, 0) is 12.1 Å². The number of benzene rings is 1. The summed E-state index contributed by atoms with van der Waals surface area (Å²) >= 11 is 0. The number of rotatable bonds is 1. The van der Waals surface area contributed by atoms with Crippen molar-refractivity contribution in [3.63, 3.8) is 0 Å². The van der Waals surface area contributed by atoms with Crippen molar-refractivity contribution in [1.82, 2.24) is 14.1 Å². The summed E-state index contributed by atoms with van der Waals surface area (Å²) in [6.07, 6.45) is 1.81. The highest BCUT2D eigenvalue weighted by Gasteiger charge is 2.10. The zero-order valence-electron chi connectivity index (χ0n) is 10.8. The first-order chi connectivity index (χ1) is 9.08. The van der Waals surface area contributed by atoms with Crippen molar-refractivity contribution in [2.75, 3.05) is 5.73 Å². The first kappa shape index (κ1) is 11.5. The predicted octanol–water partition coefficient (Wildman–Crippen LogP) is 1.52. The molecule has 19 heavy (non-hydrogen) atoms. The molecule has 0 saturated heterocycles. The monoisotopic (exact) mass is 254 g/mol. The third kappa shape index (κ3) is 1.71. The number of aryl methyl sites for hydroxylation is 2. The molecule has 0 radical (unpaired) electrons. The van der Waals surface area contributed by atoms with Crippen LogP contribution in [0.2, 0.25) is 0 Å². The first-order valence-electron chi connectivity index (χ1n) is 5.96. The maximum atomic E-state index is 11.4. The summed E-state index contributed by atoms with van der Waals surface area (Å²) in [6.45, 7) is 0. The third-order valence-corrected chi connectivity index (χ3v) is 3.34. The van der Waals surface area contributed by atoms with Crippen LogP contribution in [-0.4, -0.2) is 14.1 Å². The predicted molar refractivity (Wildman–Crippen MR) is 75.8 cm³/mol. The molecular weight excluding hydrogens is 240 g/mol. The Morgan fingerprint density at radius 3 is 2.68 bits per heavy atom. The molecule has 3 aromatic rings. The quantitative estimate of drug-likeness (QED) is 0.716. The second-order valence-electron chi connectivity index (χ2n) is 4.57. The molecule has 96 valence electrons. The van der Waals surface area contributed by atoms with E-state index in [2.05, 4.69) is 4.98 Å². The zero-order chi connectivity index (χ0) is 13.6. The normalized spacial score (nSPS) is 11.1. The second-order valence-corrected chi connectivity index (χ2v) is 4.57. The van der Waals surface area contributed by atoms with Crippen LogP contribution >= 0.6 is 0 Å². The van der Waals surface area contributed by atoms with Crippen molar-refractivity contribution in [2.24, 2.45) is 14.1 Å². The van der Waals surface area contributed by atoms with Crippen molar-refractivity contribution >= 4 is 17.0 Å². The van der Waals surface area contributed by atoms with Crippen molar-refractivity contribution < 1.29 is 0 Å². The van der Waals surface area contributed by atoms with Gasteiger partial charge in [0.15, 0.2) is 0 Å². The molecule has 0 amide bonds. The van der Waals surface area contributed by atoms with Gasteiger partial charge in [0.2, 0.25) is 11.5 Å². The fourth-order valence-electron chi connectivity index (χ4n) is 2.22. The Kier molecular flexibility index (Phi) is 2.41. The van der Waals surface area contributed by atoms with Gasteiger partial charge in [0, 0.05) is 37.5 Å². The first-order valence-corrected chi connectivity index (χ1v) is 5.96. The second kappa shape index (κ2) is 3.98. The van der Waals surface area contributed by atoms with E-state index >= 15 is 0 Å². The summed E-state index contributed by atoms with van der Waals surface area (Å²) in [4.78, 5) is 15.8. The number of aromatic nitrogens is 3. The van der Waals surface area contributed by atoms with Crippen molar-refractivity contribution in [1.29, 1.82) is 0 Å². The van der Waals surface area contributed by atoms with Crippen LogP contribution in [0.4, 0.5) is 5.95 Å². The molecule has 0 spiro atoms. The molecular formula is C14H14N4O. The number of imidazole rings is 1. The third-order valence-electron chi connectivity index (χ3n) is 3.34. The van der Waals surface area contributed by atoms with Crippen LogP contribution in [0.5, 0.6) is 0 Å². The lowest BCUT2D eigenvalue weighted by molar-refractivity contribution is 0.862. The molecule has 0 aliphatic carbocycles. The lowest BCUT2D eigenvalue weighted by Crippen LogP contribution is -2.13. The molecule has 0 atom stereocenters. The Hall–Kier alpha value is -2.56. The number of hydrogen-bond acceptors (Lipinski definition) is 3. The molecule has 0 fully saturated rings. The standard InChI is InChI=1S/C14H14N4O/c1-17-8-9(6-7-12(17)19)10-4-3-5-11-13(10)16-14(15)18(11)2/h3-8H,1-2H3,(H2,15,16). The van der Waals surface area contributed by atoms with Crippen LogP contribution in [0, 0.1) is 0 Å². The summed E-state index contributed by atoms with van der Waals surface area (Å²) in [5, 5.41) is 0. The number of hydrogen-bond donors (Lipinski definition) is 1. The topological polar surface area (TPSA) is 65.8 Å². The minimum atomic E-state index is -0.0311. The Morgan fingerprint density at radius 1 is 1.16 bits per heavy atom. The lowest BCUT2D eigenvalue weighted by atomic mass is 10.1. The van der Waals surface area contributed by atoms with Crippen LogP contribution in [0.15, 0.2) is 41.3 Å². The summed E-state index contributed by atoms with van der Waals surface area (Å²) < 4.78 is 3.40. The molecule has 0 saturated carbocycles. The van der Waals surface area contributed by atoms with E-state index < -0.39 is 0 Å². The van der Waals surface area contributed by atoms with Crippen LogP contribution < -0.4 is 11.3 Å². The summed E-state index contributed by atoms with van der Waals surface area (Å²) in [5.74, 6) is 0.479. The number of fused-ring (bicyclic) bond motifs is 1. The number of anilines is 1. The van der Waals surface area contributed by atoms with Gasteiger partial charge in [0.05, 0.1) is 11.0 Å². The minimum Gasteiger partial charge on any atom is -0.369 e. The molecule has 2 aromatic heterocycles. The van der Waals surface area contributed by atoms with Crippen molar-refractivity contribution in [3.8, 4) is 11.1 Å². The Balaban J connectivity index is 2.33. The highest BCUT2D eigenvalue weighted by atomic mass is 16.1.